The van der Waals surface area contributed by atoms with Gasteiger partial charge in [-0.25, -0.2) is 0 Å². The molecule has 96 valence electrons. The molecular weight excluding hydrogens is 240 g/mol. The van der Waals surface area contributed by atoms with Gasteiger partial charge in [0.05, 0.1) is 19.1 Å². The second-order valence-corrected chi connectivity index (χ2v) is 4.51. The van der Waals surface area contributed by atoms with Crippen LogP contribution in [-0.2, 0) is 0 Å². The van der Waals surface area contributed by atoms with Crippen LogP contribution in [0.1, 0.15) is 28.4 Å². The van der Waals surface area contributed by atoms with Crippen LogP contribution in [0, 0.1) is 0 Å². The lowest BCUT2D eigenvalue weighted by Crippen LogP contribution is -2.20. The molecule has 1 aliphatic rings. The average Bonchev–Trinajstić information content (AvgIpc) is 2.47. The number of benzene rings is 2. The smallest absolute Gasteiger partial charge is 0.170 e. The number of carbonyl (C=O) groups is 1. The normalized spacial score (nSPS) is 17.5. The number of rotatable bonds is 2. The molecule has 2 aromatic carbocycles. The Balaban J connectivity index is 1.96. The van der Waals surface area contributed by atoms with Crippen LogP contribution in [0.15, 0.2) is 48.5 Å². The maximum absolute atomic E-state index is 12.1. The second-order valence-electron chi connectivity index (χ2n) is 4.51. The van der Waals surface area contributed by atoms with Gasteiger partial charge >= 0.3 is 0 Å². The highest BCUT2D eigenvalue weighted by Crippen LogP contribution is 2.36. The molecule has 0 aliphatic carbocycles. The van der Waals surface area contributed by atoms with E-state index in [-0.39, 0.29) is 11.9 Å². The van der Waals surface area contributed by atoms with E-state index in [1.54, 1.807) is 25.3 Å². The van der Waals surface area contributed by atoms with Crippen LogP contribution < -0.4 is 9.47 Å². The fraction of sp³-hybridized carbons (Fsp3) is 0.188. The first kappa shape index (κ1) is 11.8. The highest BCUT2D eigenvalue weighted by Gasteiger charge is 2.27. The molecular formula is C16H14O3. The maximum atomic E-state index is 12.1. The summed E-state index contributed by atoms with van der Waals surface area (Å²) in [6.45, 7) is 0. The predicted octanol–water partition coefficient (Wildman–Crippen LogP) is 3.40. The molecule has 1 heterocycles. The van der Waals surface area contributed by atoms with Crippen LogP contribution >= 0.6 is 0 Å². The number of Topliss-reactive ketones (excluding diaryl/α,β-unsaturated/α-hetero) is 1. The molecule has 3 nitrogen and oxygen atoms in total. The van der Waals surface area contributed by atoms with Crippen molar-refractivity contribution in [1.82, 2.24) is 0 Å². The van der Waals surface area contributed by atoms with E-state index in [9.17, 15) is 4.79 Å². The third kappa shape index (κ3) is 2.19. The molecule has 3 rings (SSSR count). The summed E-state index contributed by atoms with van der Waals surface area (Å²) >= 11 is 0. The molecule has 0 fully saturated rings. The molecule has 2 aromatic rings. The Morgan fingerprint density at radius 2 is 1.95 bits per heavy atom. The van der Waals surface area contributed by atoms with E-state index in [2.05, 4.69) is 0 Å². The predicted molar refractivity (Wildman–Crippen MR) is 71.8 cm³/mol. The largest absolute Gasteiger partial charge is 0.497 e. The molecule has 0 aromatic heterocycles. The van der Waals surface area contributed by atoms with Crippen LogP contribution in [0.5, 0.6) is 11.5 Å². The first-order valence-electron chi connectivity index (χ1n) is 6.21. The minimum atomic E-state index is -0.215. The Hall–Kier alpha value is -2.29. The number of ether oxygens (including phenoxy) is 2. The lowest BCUT2D eigenvalue weighted by atomic mass is 9.96. The molecule has 0 N–H and O–H groups in total. The van der Waals surface area contributed by atoms with Gasteiger partial charge in [-0.1, -0.05) is 30.3 Å². The van der Waals surface area contributed by atoms with E-state index < -0.39 is 0 Å². The van der Waals surface area contributed by atoms with Gasteiger partial charge in [0.25, 0.3) is 0 Å². The zero-order valence-corrected chi connectivity index (χ0v) is 10.6. The topological polar surface area (TPSA) is 35.5 Å². The molecule has 0 saturated carbocycles. The lowest BCUT2D eigenvalue weighted by Gasteiger charge is -2.25. The van der Waals surface area contributed by atoms with Crippen LogP contribution in [0.2, 0.25) is 0 Å². The quantitative estimate of drug-likeness (QED) is 0.824. The van der Waals surface area contributed by atoms with Crippen LogP contribution in [0.25, 0.3) is 0 Å². The molecule has 3 heteroatoms. The van der Waals surface area contributed by atoms with Gasteiger partial charge in [-0.05, 0) is 17.7 Å². The van der Waals surface area contributed by atoms with Gasteiger partial charge in [-0.3, -0.25) is 4.79 Å². The monoisotopic (exact) mass is 254 g/mol. The van der Waals surface area contributed by atoms with E-state index in [0.29, 0.717) is 23.5 Å². The summed E-state index contributed by atoms with van der Waals surface area (Å²) in [7, 11) is 1.60. The number of ketones is 1. The third-order valence-electron chi connectivity index (χ3n) is 3.30. The zero-order valence-electron chi connectivity index (χ0n) is 10.6. The Labute approximate surface area is 111 Å². The van der Waals surface area contributed by atoms with Crippen molar-refractivity contribution in [3.63, 3.8) is 0 Å². The summed E-state index contributed by atoms with van der Waals surface area (Å²) in [6.07, 6.45) is 0.164. The van der Waals surface area contributed by atoms with Crippen molar-refractivity contribution in [1.29, 1.82) is 0 Å². The first-order valence-corrected chi connectivity index (χ1v) is 6.21. The minimum absolute atomic E-state index is 0.109. The van der Waals surface area contributed by atoms with Gasteiger partial charge in [-0.15, -0.1) is 0 Å². The number of methoxy groups -OCH3 is 1. The Morgan fingerprint density at radius 3 is 2.68 bits per heavy atom. The van der Waals surface area contributed by atoms with Gasteiger partial charge in [-0.2, -0.15) is 0 Å². The highest BCUT2D eigenvalue weighted by atomic mass is 16.5. The molecule has 0 spiro atoms. The van der Waals surface area contributed by atoms with Crippen molar-refractivity contribution in [2.24, 2.45) is 0 Å². The Morgan fingerprint density at radius 1 is 1.16 bits per heavy atom. The summed E-state index contributed by atoms with van der Waals surface area (Å²) in [5.41, 5.74) is 1.65. The van der Waals surface area contributed by atoms with Crippen molar-refractivity contribution >= 4 is 5.78 Å². The summed E-state index contributed by atoms with van der Waals surface area (Å²) in [5, 5.41) is 0. The fourth-order valence-corrected chi connectivity index (χ4v) is 2.28. The molecule has 1 unspecified atom stereocenters. The van der Waals surface area contributed by atoms with Crippen LogP contribution in [-0.4, -0.2) is 12.9 Å². The average molecular weight is 254 g/mol. The van der Waals surface area contributed by atoms with Crippen molar-refractivity contribution in [2.45, 2.75) is 12.5 Å². The van der Waals surface area contributed by atoms with Gasteiger partial charge < -0.3 is 9.47 Å². The fourth-order valence-electron chi connectivity index (χ4n) is 2.28. The second kappa shape index (κ2) is 4.76. The molecule has 0 radical (unpaired) electrons. The van der Waals surface area contributed by atoms with Gasteiger partial charge in [0.2, 0.25) is 0 Å². The minimum Gasteiger partial charge on any atom is -0.497 e. The molecule has 0 saturated heterocycles. The van der Waals surface area contributed by atoms with Gasteiger partial charge in [0.1, 0.15) is 17.6 Å². The summed E-state index contributed by atoms with van der Waals surface area (Å²) < 4.78 is 11.1. The zero-order chi connectivity index (χ0) is 13.2. The van der Waals surface area contributed by atoms with Crippen LogP contribution in [0.4, 0.5) is 0 Å². The van der Waals surface area contributed by atoms with Crippen molar-refractivity contribution < 1.29 is 14.3 Å². The molecule has 0 bridgehead atoms. The standard InChI is InChI=1S/C16H14O3/c1-18-12-7-8-13-14(17)10-15(19-16(13)9-12)11-5-3-2-4-6-11/h2-9,15H,10H2,1H3. The Kier molecular flexibility index (Phi) is 2.95. The molecule has 0 amide bonds. The number of hydrogen-bond donors (Lipinski definition) is 0. The number of hydrogen-bond acceptors (Lipinski definition) is 3. The molecule has 1 aliphatic heterocycles. The van der Waals surface area contributed by atoms with Crippen LogP contribution in [0.3, 0.4) is 0 Å². The van der Waals surface area contributed by atoms with Crippen molar-refractivity contribution in [2.75, 3.05) is 7.11 Å². The van der Waals surface area contributed by atoms with E-state index in [1.807, 2.05) is 30.3 Å². The Bertz CT molecular complexity index is 605. The van der Waals surface area contributed by atoms with E-state index in [1.165, 1.54) is 0 Å². The summed E-state index contributed by atoms with van der Waals surface area (Å²) in [5.74, 6) is 1.41. The molecule has 19 heavy (non-hydrogen) atoms. The summed E-state index contributed by atoms with van der Waals surface area (Å²) in [4.78, 5) is 12.1. The van der Waals surface area contributed by atoms with Gasteiger partial charge in [0.15, 0.2) is 5.78 Å². The first-order chi connectivity index (χ1) is 9.28. The SMILES string of the molecule is COc1ccc2c(c1)OC(c1ccccc1)CC2=O. The highest BCUT2D eigenvalue weighted by molar-refractivity contribution is 6.00. The van der Waals surface area contributed by atoms with E-state index in [4.69, 9.17) is 9.47 Å². The molecule has 1 atom stereocenters. The number of fused-ring (bicyclic) bond motifs is 1. The lowest BCUT2D eigenvalue weighted by molar-refractivity contribution is 0.0849. The third-order valence-corrected chi connectivity index (χ3v) is 3.30. The summed E-state index contributed by atoms with van der Waals surface area (Å²) in [6, 6.07) is 15.1. The van der Waals surface area contributed by atoms with E-state index >= 15 is 0 Å². The van der Waals surface area contributed by atoms with E-state index in [0.717, 1.165) is 5.56 Å². The van der Waals surface area contributed by atoms with Gasteiger partial charge in [0, 0.05) is 6.07 Å². The van der Waals surface area contributed by atoms with Crippen molar-refractivity contribution in [3.05, 3.63) is 59.7 Å². The number of carbonyl (C=O) groups excluding carboxylic acids is 1. The maximum Gasteiger partial charge on any atom is 0.170 e. The van der Waals surface area contributed by atoms with Crippen molar-refractivity contribution in [3.8, 4) is 11.5 Å².